The van der Waals surface area contributed by atoms with Gasteiger partial charge in [0.25, 0.3) is 0 Å². The number of hydrogen-bond donors (Lipinski definition) is 2. The molecule has 0 unspecified atom stereocenters. The molecule has 19 heavy (non-hydrogen) atoms. The third-order valence-electron chi connectivity index (χ3n) is 3.68. The Morgan fingerprint density at radius 3 is 2.89 bits per heavy atom. The Labute approximate surface area is 111 Å². The molecule has 0 bridgehead atoms. The number of ether oxygens (including phenoxy) is 1. The van der Waals surface area contributed by atoms with Crippen LogP contribution in [-0.4, -0.2) is 34.0 Å². The summed E-state index contributed by atoms with van der Waals surface area (Å²) in [7, 11) is 0. The Morgan fingerprint density at radius 1 is 1.37 bits per heavy atom. The van der Waals surface area contributed by atoms with E-state index in [1.165, 1.54) is 0 Å². The first-order chi connectivity index (χ1) is 9.19. The maximum absolute atomic E-state index is 9.79. The molecule has 2 aromatic rings. The molecule has 0 spiro atoms. The summed E-state index contributed by atoms with van der Waals surface area (Å²) in [6.45, 7) is 1.88. The van der Waals surface area contributed by atoms with Gasteiger partial charge in [0.05, 0.1) is 23.9 Å². The SMILES string of the molecule is Cc1cc([C@H]2C[C@H](O)[C@@H](CO)O2)nc2ccccc12. The smallest absolute Gasteiger partial charge is 0.107 e. The van der Waals surface area contributed by atoms with Crippen molar-refractivity contribution in [2.75, 3.05) is 6.61 Å². The van der Waals surface area contributed by atoms with Crippen LogP contribution in [0.1, 0.15) is 23.8 Å². The van der Waals surface area contributed by atoms with E-state index in [-0.39, 0.29) is 12.7 Å². The Balaban J connectivity index is 1.98. The third-order valence-corrected chi connectivity index (χ3v) is 3.68. The molecule has 100 valence electrons. The highest BCUT2D eigenvalue weighted by atomic mass is 16.5. The minimum Gasteiger partial charge on any atom is -0.394 e. The first kappa shape index (κ1) is 12.5. The summed E-state index contributed by atoms with van der Waals surface area (Å²) in [6, 6.07) is 9.97. The average Bonchev–Trinajstić information content (AvgIpc) is 2.80. The highest BCUT2D eigenvalue weighted by Crippen LogP contribution is 2.33. The Morgan fingerprint density at radius 2 is 2.16 bits per heavy atom. The van der Waals surface area contributed by atoms with Crippen LogP contribution in [-0.2, 0) is 4.74 Å². The number of nitrogens with zero attached hydrogens (tertiary/aromatic N) is 1. The zero-order chi connectivity index (χ0) is 13.4. The molecule has 1 aromatic heterocycles. The topological polar surface area (TPSA) is 62.6 Å². The molecule has 1 fully saturated rings. The fourth-order valence-electron chi connectivity index (χ4n) is 2.62. The molecule has 4 nitrogen and oxygen atoms in total. The van der Waals surface area contributed by atoms with Gasteiger partial charge in [-0.2, -0.15) is 0 Å². The van der Waals surface area contributed by atoms with E-state index >= 15 is 0 Å². The van der Waals surface area contributed by atoms with Crippen LogP contribution < -0.4 is 0 Å². The van der Waals surface area contributed by atoms with Crippen molar-refractivity contribution in [3.63, 3.8) is 0 Å². The molecule has 1 aromatic carbocycles. The number of aromatic nitrogens is 1. The second-order valence-corrected chi connectivity index (χ2v) is 5.03. The van der Waals surface area contributed by atoms with Crippen molar-refractivity contribution in [1.29, 1.82) is 0 Å². The van der Waals surface area contributed by atoms with Gasteiger partial charge < -0.3 is 14.9 Å². The monoisotopic (exact) mass is 259 g/mol. The largest absolute Gasteiger partial charge is 0.394 e. The van der Waals surface area contributed by atoms with E-state index in [2.05, 4.69) is 4.98 Å². The molecule has 1 saturated heterocycles. The van der Waals surface area contributed by atoms with E-state index < -0.39 is 12.2 Å². The zero-order valence-electron chi connectivity index (χ0n) is 10.8. The predicted octanol–water partition coefficient (Wildman–Crippen LogP) is 1.73. The summed E-state index contributed by atoms with van der Waals surface area (Å²) >= 11 is 0. The van der Waals surface area contributed by atoms with Crippen LogP contribution in [0.15, 0.2) is 30.3 Å². The number of para-hydroxylation sites is 1. The fourth-order valence-corrected chi connectivity index (χ4v) is 2.62. The van der Waals surface area contributed by atoms with Gasteiger partial charge >= 0.3 is 0 Å². The minimum absolute atomic E-state index is 0.162. The normalized spacial score (nSPS) is 27.0. The van der Waals surface area contributed by atoms with Crippen molar-refractivity contribution >= 4 is 10.9 Å². The lowest BCUT2D eigenvalue weighted by molar-refractivity contribution is -0.0235. The van der Waals surface area contributed by atoms with Gasteiger partial charge in [-0.3, -0.25) is 4.98 Å². The van der Waals surface area contributed by atoms with Crippen molar-refractivity contribution < 1.29 is 14.9 Å². The van der Waals surface area contributed by atoms with E-state index in [9.17, 15) is 5.11 Å². The number of rotatable bonds is 2. The maximum Gasteiger partial charge on any atom is 0.107 e. The van der Waals surface area contributed by atoms with Crippen molar-refractivity contribution in [3.05, 3.63) is 41.6 Å². The summed E-state index contributed by atoms with van der Waals surface area (Å²) in [6.07, 6.45) is -0.881. The van der Waals surface area contributed by atoms with E-state index in [1.54, 1.807) is 0 Å². The third kappa shape index (κ3) is 2.23. The van der Waals surface area contributed by atoms with E-state index in [4.69, 9.17) is 9.84 Å². The number of aryl methyl sites for hydroxylation is 1. The predicted molar refractivity (Wildman–Crippen MR) is 71.8 cm³/mol. The maximum atomic E-state index is 9.79. The summed E-state index contributed by atoms with van der Waals surface area (Å²) in [5.74, 6) is 0. The summed E-state index contributed by atoms with van der Waals surface area (Å²) < 4.78 is 5.65. The number of hydrogen-bond acceptors (Lipinski definition) is 4. The van der Waals surface area contributed by atoms with Gasteiger partial charge in [-0.05, 0) is 24.6 Å². The second-order valence-electron chi connectivity index (χ2n) is 5.03. The number of aliphatic hydroxyl groups excluding tert-OH is 2. The molecule has 0 saturated carbocycles. The number of aliphatic hydroxyl groups is 2. The fraction of sp³-hybridized carbons (Fsp3) is 0.400. The molecular formula is C15H17NO3. The van der Waals surface area contributed by atoms with E-state index in [0.717, 1.165) is 22.2 Å². The second kappa shape index (κ2) is 4.89. The van der Waals surface area contributed by atoms with Gasteiger partial charge in [0, 0.05) is 11.8 Å². The van der Waals surface area contributed by atoms with E-state index in [1.807, 2.05) is 37.3 Å². The molecule has 1 aliphatic heterocycles. The molecule has 0 radical (unpaired) electrons. The quantitative estimate of drug-likeness (QED) is 0.862. The first-order valence-electron chi connectivity index (χ1n) is 6.49. The Bertz CT molecular complexity index is 599. The standard InChI is InChI=1S/C15H17NO3/c1-9-6-12(14-7-13(18)15(8-17)19-14)16-11-5-3-2-4-10(9)11/h2-6,13-15,17-18H,7-8H2,1H3/t13-,14+,15+/m0/s1. The van der Waals surface area contributed by atoms with Crippen molar-refractivity contribution in [3.8, 4) is 0 Å². The lowest BCUT2D eigenvalue weighted by atomic mass is 10.0. The minimum atomic E-state index is -0.622. The van der Waals surface area contributed by atoms with E-state index in [0.29, 0.717) is 6.42 Å². The zero-order valence-corrected chi connectivity index (χ0v) is 10.8. The lowest BCUT2D eigenvalue weighted by Crippen LogP contribution is -2.24. The van der Waals surface area contributed by atoms with Crippen LogP contribution in [0.5, 0.6) is 0 Å². The van der Waals surface area contributed by atoms with Gasteiger partial charge in [-0.1, -0.05) is 18.2 Å². The Hall–Kier alpha value is -1.49. The molecule has 0 amide bonds. The van der Waals surface area contributed by atoms with Crippen LogP contribution in [0.4, 0.5) is 0 Å². The molecule has 3 atom stereocenters. The summed E-state index contributed by atoms with van der Waals surface area (Å²) in [4.78, 5) is 4.60. The summed E-state index contributed by atoms with van der Waals surface area (Å²) in [5.41, 5.74) is 2.90. The van der Waals surface area contributed by atoms with Crippen LogP contribution in [0.25, 0.3) is 10.9 Å². The van der Waals surface area contributed by atoms with Crippen LogP contribution >= 0.6 is 0 Å². The first-order valence-corrected chi connectivity index (χ1v) is 6.49. The molecule has 2 N–H and O–H groups in total. The van der Waals surface area contributed by atoms with Gasteiger partial charge in [0.15, 0.2) is 0 Å². The molecule has 2 heterocycles. The highest BCUT2D eigenvalue weighted by molar-refractivity contribution is 5.82. The van der Waals surface area contributed by atoms with Gasteiger partial charge in [-0.25, -0.2) is 0 Å². The van der Waals surface area contributed by atoms with Crippen LogP contribution in [0, 0.1) is 6.92 Å². The Kier molecular flexibility index (Phi) is 3.22. The number of fused-ring (bicyclic) bond motifs is 1. The van der Waals surface area contributed by atoms with Crippen LogP contribution in [0.2, 0.25) is 0 Å². The van der Waals surface area contributed by atoms with Gasteiger partial charge in [0.1, 0.15) is 12.2 Å². The van der Waals surface area contributed by atoms with Crippen molar-refractivity contribution in [1.82, 2.24) is 4.98 Å². The molecule has 3 rings (SSSR count). The molecule has 4 heteroatoms. The van der Waals surface area contributed by atoms with Crippen LogP contribution in [0.3, 0.4) is 0 Å². The van der Waals surface area contributed by atoms with Crippen molar-refractivity contribution in [2.45, 2.75) is 31.7 Å². The van der Waals surface area contributed by atoms with Crippen molar-refractivity contribution in [2.24, 2.45) is 0 Å². The molecule has 1 aliphatic rings. The number of benzene rings is 1. The number of pyridine rings is 1. The highest BCUT2D eigenvalue weighted by Gasteiger charge is 2.35. The lowest BCUT2D eigenvalue weighted by Gasteiger charge is -2.13. The summed E-state index contributed by atoms with van der Waals surface area (Å²) in [5, 5.41) is 20.0. The average molecular weight is 259 g/mol. The molecule has 0 aliphatic carbocycles. The molecular weight excluding hydrogens is 242 g/mol. The van der Waals surface area contributed by atoms with Gasteiger partial charge in [-0.15, -0.1) is 0 Å². The van der Waals surface area contributed by atoms with Gasteiger partial charge in [0.2, 0.25) is 0 Å².